The molecule has 0 aromatic heterocycles. The molecule has 0 heterocycles. The molecule has 4 heteroatoms. The van der Waals surface area contributed by atoms with Crippen molar-refractivity contribution in [1.29, 1.82) is 0 Å². The van der Waals surface area contributed by atoms with Gasteiger partial charge in [-0.3, -0.25) is 4.90 Å². The number of rotatable bonds is 9. The van der Waals surface area contributed by atoms with Gasteiger partial charge in [-0.05, 0) is 11.8 Å². The molecular weight excluding hydrogens is 218 g/mol. The maximum atomic E-state index is 10.1. The monoisotopic (exact) mass is 247 g/mol. The van der Waals surface area contributed by atoms with E-state index < -0.39 is 0 Å². The first-order valence-electron chi connectivity index (χ1n) is 6.30. The zero-order chi connectivity index (χ0) is 13.3. The molecule has 4 nitrogen and oxygen atoms in total. The van der Waals surface area contributed by atoms with Crippen molar-refractivity contribution in [2.45, 2.75) is 33.3 Å². The molecule has 0 rings (SSSR count). The molecule has 0 radical (unpaired) electrons. The average Bonchev–Trinajstić information content (AvgIpc) is 2.24. The molecule has 0 spiro atoms. The summed E-state index contributed by atoms with van der Waals surface area (Å²) in [5.74, 6) is 0. The van der Waals surface area contributed by atoms with Crippen molar-refractivity contribution in [3.63, 3.8) is 0 Å². The first kappa shape index (κ1) is 16.8. The first-order chi connectivity index (χ1) is 7.91. The molecule has 0 fully saturated rings. The van der Waals surface area contributed by atoms with Crippen LogP contribution in [-0.4, -0.2) is 63.2 Å². The molecule has 0 saturated carbocycles. The van der Waals surface area contributed by atoms with Crippen molar-refractivity contribution in [3.05, 3.63) is 0 Å². The van der Waals surface area contributed by atoms with E-state index in [1.165, 1.54) is 0 Å². The topological polar surface area (TPSA) is 41.9 Å². The fraction of sp³-hybridized carbons (Fsp3) is 1.00. The number of aliphatic hydroxyl groups is 1. The van der Waals surface area contributed by atoms with E-state index in [0.717, 1.165) is 26.1 Å². The van der Waals surface area contributed by atoms with E-state index in [4.69, 9.17) is 9.47 Å². The smallest absolute Gasteiger partial charge is 0.0715 e. The van der Waals surface area contributed by atoms with Crippen molar-refractivity contribution in [1.82, 2.24) is 4.90 Å². The van der Waals surface area contributed by atoms with Gasteiger partial charge in [0.25, 0.3) is 0 Å². The van der Waals surface area contributed by atoms with Crippen LogP contribution in [0.5, 0.6) is 0 Å². The van der Waals surface area contributed by atoms with E-state index in [9.17, 15) is 5.11 Å². The van der Waals surface area contributed by atoms with Crippen LogP contribution in [0.25, 0.3) is 0 Å². The summed E-state index contributed by atoms with van der Waals surface area (Å²) in [5.41, 5.74) is -0.0768. The van der Waals surface area contributed by atoms with Crippen molar-refractivity contribution < 1.29 is 14.6 Å². The minimum atomic E-state index is -0.318. The second-order valence-corrected chi connectivity index (χ2v) is 5.52. The summed E-state index contributed by atoms with van der Waals surface area (Å²) in [6, 6.07) is 0. The summed E-state index contributed by atoms with van der Waals surface area (Å²) >= 11 is 0. The Morgan fingerprint density at radius 1 is 1.06 bits per heavy atom. The highest BCUT2D eigenvalue weighted by Gasteiger charge is 2.24. The lowest BCUT2D eigenvalue weighted by Crippen LogP contribution is -2.41. The van der Waals surface area contributed by atoms with E-state index >= 15 is 0 Å². The first-order valence-corrected chi connectivity index (χ1v) is 6.30. The van der Waals surface area contributed by atoms with Crippen LogP contribution >= 0.6 is 0 Å². The van der Waals surface area contributed by atoms with E-state index in [1.807, 2.05) is 0 Å². The van der Waals surface area contributed by atoms with Gasteiger partial charge in [0.05, 0.1) is 12.7 Å². The molecule has 17 heavy (non-hydrogen) atoms. The van der Waals surface area contributed by atoms with Crippen LogP contribution in [0.15, 0.2) is 0 Å². The molecule has 1 N–H and O–H groups in total. The molecule has 0 aliphatic carbocycles. The van der Waals surface area contributed by atoms with Crippen LogP contribution in [0.3, 0.4) is 0 Å². The van der Waals surface area contributed by atoms with Gasteiger partial charge in [0.2, 0.25) is 0 Å². The van der Waals surface area contributed by atoms with E-state index in [-0.39, 0.29) is 11.5 Å². The lowest BCUT2D eigenvalue weighted by Gasteiger charge is -2.31. The molecule has 1 atom stereocenters. The number of hydrogen-bond donors (Lipinski definition) is 1. The Morgan fingerprint density at radius 2 is 1.65 bits per heavy atom. The van der Waals surface area contributed by atoms with Crippen LogP contribution < -0.4 is 0 Å². The molecule has 1 unspecified atom stereocenters. The number of nitrogens with zero attached hydrogens (tertiary/aromatic N) is 1. The maximum Gasteiger partial charge on any atom is 0.0715 e. The second kappa shape index (κ2) is 8.86. The van der Waals surface area contributed by atoms with Crippen LogP contribution in [0.2, 0.25) is 0 Å². The van der Waals surface area contributed by atoms with Crippen molar-refractivity contribution in [2.24, 2.45) is 5.41 Å². The van der Waals surface area contributed by atoms with Gasteiger partial charge in [-0.1, -0.05) is 20.8 Å². The molecule has 0 aromatic carbocycles. The van der Waals surface area contributed by atoms with Gasteiger partial charge in [0, 0.05) is 40.5 Å². The summed E-state index contributed by atoms with van der Waals surface area (Å²) in [6.07, 6.45) is 0.666. The zero-order valence-electron chi connectivity index (χ0n) is 12.0. The largest absolute Gasteiger partial charge is 0.391 e. The number of ether oxygens (including phenoxy) is 2. The van der Waals surface area contributed by atoms with E-state index in [1.54, 1.807) is 14.2 Å². The zero-order valence-corrected chi connectivity index (χ0v) is 12.0. The Kier molecular flexibility index (Phi) is 8.78. The van der Waals surface area contributed by atoms with Gasteiger partial charge < -0.3 is 14.6 Å². The number of hydrogen-bond acceptors (Lipinski definition) is 4. The normalized spacial score (nSPS) is 14.3. The maximum absolute atomic E-state index is 10.1. The van der Waals surface area contributed by atoms with Crippen LogP contribution in [0, 0.1) is 5.41 Å². The average molecular weight is 247 g/mol. The third-order valence-electron chi connectivity index (χ3n) is 2.87. The fourth-order valence-electron chi connectivity index (χ4n) is 1.47. The van der Waals surface area contributed by atoms with E-state index in [0.29, 0.717) is 13.2 Å². The Balaban J connectivity index is 4.07. The molecule has 0 saturated heterocycles. The third-order valence-corrected chi connectivity index (χ3v) is 2.87. The van der Waals surface area contributed by atoms with Gasteiger partial charge in [-0.25, -0.2) is 0 Å². The van der Waals surface area contributed by atoms with Gasteiger partial charge in [0.1, 0.15) is 0 Å². The Bertz CT molecular complexity index is 180. The highest BCUT2D eigenvalue weighted by atomic mass is 16.5. The predicted octanol–water partition coefficient (Wildman–Crippen LogP) is 1.38. The molecule has 0 aliphatic rings. The highest BCUT2D eigenvalue weighted by molar-refractivity contribution is 4.76. The SMILES string of the molecule is COCCCN(CCOC)CC(O)C(C)(C)C. The summed E-state index contributed by atoms with van der Waals surface area (Å²) < 4.78 is 10.1. The van der Waals surface area contributed by atoms with Crippen LogP contribution in [-0.2, 0) is 9.47 Å². The third kappa shape index (κ3) is 8.55. The second-order valence-electron chi connectivity index (χ2n) is 5.52. The molecule has 0 aromatic rings. The lowest BCUT2D eigenvalue weighted by atomic mass is 9.89. The quantitative estimate of drug-likeness (QED) is 0.625. The molecule has 0 amide bonds. The fourth-order valence-corrected chi connectivity index (χ4v) is 1.47. The van der Waals surface area contributed by atoms with Crippen LogP contribution in [0.4, 0.5) is 0 Å². The standard InChI is InChI=1S/C13H29NO3/c1-13(2,3)12(15)11-14(8-10-17-5)7-6-9-16-4/h12,15H,6-11H2,1-5H3. The highest BCUT2D eigenvalue weighted by Crippen LogP contribution is 2.19. The van der Waals surface area contributed by atoms with Gasteiger partial charge >= 0.3 is 0 Å². The number of methoxy groups -OCH3 is 2. The van der Waals surface area contributed by atoms with Crippen molar-refractivity contribution in [2.75, 3.05) is 47.1 Å². The Morgan fingerprint density at radius 3 is 2.12 bits per heavy atom. The van der Waals surface area contributed by atoms with Crippen molar-refractivity contribution >= 4 is 0 Å². The minimum absolute atomic E-state index is 0.0768. The minimum Gasteiger partial charge on any atom is -0.391 e. The summed E-state index contributed by atoms with van der Waals surface area (Å²) in [4.78, 5) is 2.23. The lowest BCUT2D eigenvalue weighted by molar-refractivity contribution is 0.0194. The van der Waals surface area contributed by atoms with Gasteiger partial charge in [-0.2, -0.15) is 0 Å². The molecule has 0 bridgehead atoms. The van der Waals surface area contributed by atoms with Crippen LogP contribution in [0.1, 0.15) is 27.2 Å². The molecule has 0 aliphatic heterocycles. The van der Waals surface area contributed by atoms with Gasteiger partial charge in [0.15, 0.2) is 0 Å². The van der Waals surface area contributed by atoms with Gasteiger partial charge in [-0.15, -0.1) is 0 Å². The predicted molar refractivity (Wildman–Crippen MR) is 70.3 cm³/mol. The Hall–Kier alpha value is -0.160. The van der Waals surface area contributed by atoms with E-state index in [2.05, 4.69) is 25.7 Å². The summed E-state index contributed by atoms with van der Waals surface area (Å²) in [6.45, 7) is 10.1. The van der Waals surface area contributed by atoms with Crippen molar-refractivity contribution in [3.8, 4) is 0 Å². The summed E-state index contributed by atoms with van der Waals surface area (Å²) in [5, 5.41) is 10.1. The molecular formula is C13H29NO3. The molecule has 104 valence electrons. The summed E-state index contributed by atoms with van der Waals surface area (Å²) in [7, 11) is 3.41. The number of aliphatic hydroxyl groups excluding tert-OH is 1. The Labute approximate surface area is 106 Å².